The molecule has 0 aromatic heterocycles. The molecule has 21 heavy (non-hydrogen) atoms. The van der Waals surface area contributed by atoms with E-state index in [2.05, 4.69) is 5.32 Å². The van der Waals surface area contributed by atoms with Crippen LogP contribution in [-0.2, 0) is 9.59 Å². The maximum atomic E-state index is 13.1. The van der Waals surface area contributed by atoms with Crippen molar-refractivity contribution >= 4 is 23.6 Å². The molecule has 0 saturated carbocycles. The summed E-state index contributed by atoms with van der Waals surface area (Å²) in [6.07, 6.45) is -0.226. The molecule has 0 bridgehead atoms. The van der Waals surface area contributed by atoms with Crippen molar-refractivity contribution in [1.29, 1.82) is 0 Å². The first-order valence-corrected chi connectivity index (χ1v) is 6.34. The molecule has 7 heteroatoms. The Hall–Kier alpha value is -2.44. The number of halogens is 1. The van der Waals surface area contributed by atoms with E-state index in [0.29, 0.717) is 5.69 Å². The monoisotopic (exact) mass is 296 g/mol. The molecule has 1 atom stereocenters. The molecule has 0 aliphatic carbocycles. The van der Waals surface area contributed by atoms with Crippen molar-refractivity contribution < 1.29 is 23.9 Å². The van der Waals surface area contributed by atoms with Crippen LogP contribution in [0.25, 0.3) is 0 Å². The first-order chi connectivity index (χ1) is 9.79. The Morgan fingerprint density at radius 1 is 1.33 bits per heavy atom. The Kier molecular flexibility index (Phi) is 5.83. The van der Waals surface area contributed by atoms with Gasteiger partial charge in [0.15, 0.2) is 0 Å². The maximum absolute atomic E-state index is 13.1. The van der Waals surface area contributed by atoms with Gasteiger partial charge in [-0.2, -0.15) is 0 Å². The number of nitrogens with zero attached hydrogens (tertiary/aromatic N) is 1. The predicted octanol–water partition coefficient (Wildman–Crippen LogP) is 2.00. The number of amides is 3. The fourth-order valence-electron chi connectivity index (χ4n) is 1.74. The third-order valence-electron chi connectivity index (χ3n) is 2.80. The number of carboxylic acid groups (broad SMARTS) is 1. The van der Waals surface area contributed by atoms with Crippen molar-refractivity contribution in [3.05, 3.63) is 30.1 Å². The van der Waals surface area contributed by atoms with Gasteiger partial charge < -0.3 is 5.11 Å². The van der Waals surface area contributed by atoms with Crippen molar-refractivity contribution in [2.45, 2.75) is 19.8 Å². The summed E-state index contributed by atoms with van der Waals surface area (Å²) in [7, 11) is 1.40. The Morgan fingerprint density at radius 2 is 2.00 bits per heavy atom. The average molecular weight is 296 g/mol. The highest BCUT2D eigenvalue weighted by molar-refractivity contribution is 6.02. The summed E-state index contributed by atoms with van der Waals surface area (Å²) in [6.45, 7) is 1.61. The van der Waals surface area contributed by atoms with E-state index in [1.807, 2.05) is 0 Å². The highest BCUT2D eigenvalue weighted by atomic mass is 19.1. The highest BCUT2D eigenvalue weighted by Crippen LogP contribution is 2.14. The molecule has 0 heterocycles. The summed E-state index contributed by atoms with van der Waals surface area (Å²) in [5, 5.41) is 10.7. The van der Waals surface area contributed by atoms with Gasteiger partial charge in [0.1, 0.15) is 5.82 Å². The van der Waals surface area contributed by atoms with Crippen LogP contribution in [0.1, 0.15) is 19.8 Å². The minimum absolute atomic E-state index is 0.0744. The van der Waals surface area contributed by atoms with E-state index in [4.69, 9.17) is 5.11 Å². The summed E-state index contributed by atoms with van der Waals surface area (Å²) in [4.78, 5) is 35.0. The van der Waals surface area contributed by atoms with Crippen LogP contribution < -0.4 is 10.2 Å². The molecule has 1 rings (SSSR count). The molecule has 0 spiro atoms. The summed E-state index contributed by atoms with van der Waals surface area (Å²) in [6, 6.07) is 4.68. The van der Waals surface area contributed by atoms with E-state index in [0.717, 1.165) is 11.0 Å². The van der Waals surface area contributed by atoms with E-state index in [-0.39, 0.29) is 18.8 Å². The minimum Gasteiger partial charge on any atom is -0.481 e. The third-order valence-corrected chi connectivity index (χ3v) is 2.80. The number of rotatable bonds is 5. The summed E-state index contributed by atoms with van der Waals surface area (Å²) < 4.78 is 13.1. The third kappa shape index (κ3) is 5.60. The van der Waals surface area contributed by atoms with Crippen LogP contribution in [0.15, 0.2) is 24.3 Å². The van der Waals surface area contributed by atoms with E-state index in [9.17, 15) is 18.8 Å². The molecule has 0 fully saturated rings. The van der Waals surface area contributed by atoms with Gasteiger partial charge in [0.25, 0.3) is 0 Å². The normalized spacial score (nSPS) is 11.6. The van der Waals surface area contributed by atoms with Crippen molar-refractivity contribution in [3.8, 4) is 0 Å². The van der Waals surface area contributed by atoms with Gasteiger partial charge in [0.2, 0.25) is 5.91 Å². The fraction of sp³-hybridized carbons (Fsp3) is 0.357. The van der Waals surface area contributed by atoms with Crippen LogP contribution in [0.3, 0.4) is 0 Å². The Labute approximate surface area is 121 Å². The van der Waals surface area contributed by atoms with Gasteiger partial charge in [-0.1, -0.05) is 13.0 Å². The molecular weight excluding hydrogens is 279 g/mol. The van der Waals surface area contributed by atoms with Crippen molar-refractivity contribution in [1.82, 2.24) is 5.32 Å². The number of nitrogens with one attached hydrogen (secondary N) is 1. The first kappa shape index (κ1) is 16.6. The van der Waals surface area contributed by atoms with E-state index in [1.165, 1.54) is 25.2 Å². The van der Waals surface area contributed by atoms with Gasteiger partial charge in [0.05, 0.1) is 0 Å². The van der Waals surface area contributed by atoms with E-state index < -0.39 is 23.7 Å². The zero-order valence-corrected chi connectivity index (χ0v) is 11.8. The number of carbonyl (C=O) groups excluding carboxylic acids is 2. The number of hydrogen-bond acceptors (Lipinski definition) is 3. The lowest BCUT2D eigenvalue weighted by atomic mass is 10.0. The molecule has 3 amide bonds. The molecule has 2 N–H and O–H groups in total. The quantitative estimate of drug-likeness (QED) is 0.870. The predicted molar refractivity (Wildman–Crippen MR) is 74.4 cm³/mol. The summed E-state index contributed by atoms with van der Waals surface area (Å²) in [5.74, 6) is -2.45. The molecular formula is C14H17FN2O4. The lowest BCUT2D eigenvalue weighted by Gasteiger charge is -2.18. The highest BCUT2D eigenvalue weighted by Gasteiger charge is 2.17. The van der Waals surface area contributed by atoms with Gasteiger partial charge in [-0.25, -0.2) is 9.18 Å². The van der Waals surface area contributed by atoms with Crippen molar-refractivity contribution in [2.24, 2.45) is 5.92 Å². The lowest BCUT2D eigenvalue weighted by Crippen LogP contribution is -2.41. The second-order valence-corrected chi connectivity index (χ2v) is 4.80. The number of imide groups is 1. The summed E-state index contributed by atoms with van der Waals surface area (Å²) in [5.41, 5.74) is 0.305. The largest absolute Gasteiger partial charge is 0.481 e. The van der Waals surface area contributed by atoms with Crippen LogP contribution in [0.4, 0.5) is 14.9 Å². The number of carboxylic acids is 1. The summed E-state index contributed by atoms with van der Waals surface area (Å²) >= 11 is 0. The van der Waals surface area contributed by atoms with Crippen LogP contribution in [-0.4, -0.2) is 30.1 Å². The molecule has 6 nitrogen and oxygen atoms in total. The molecule has 1 aromatic rings. The lowest BCUT2D eigenvalue weighted by molar-refractivity contribution is -0.138. The first-order valence-electron chi connectivity index (χ1n) is 6.34. The second-order valence-electron chi connectivity index (χ2n) is 4.80. The smallest absolute Gasteiger partial charge is 0.328 e. The molecule has 0 radical (unpaired) electrons. The van der Waals surface area contributed by atoms with Gasteiger partial charge in [0, 0.05) is 25.6 Å². The Balaban J connectivity index is 2.56. The number of anilines is 1. The van der Waals surface area contributed by atoms with E-state index >= 15 is 0 Å². The second kappa shape index (κ2) is 7.37. The standard InChI is InChI=1S/C14H17FN2O4/c1-9(7-13(19)20)6-12(18)16-14(21)17(2)11-5-3-4-10(15)8-11/h3-5,8-9H,6-7H2,1-2H3,(H,19,20)(H,16,18,21). The van der Waals surface area contributed by atoms with Gasteiger partial charge in [-0.05, 0) is 24.1 Å². The SMILES string of the molecule is CC(CC(=O)O)CC(=O)NC(=O)N(C)c1cccc(F)c1. The van der Waals surface area contributed by atoms with Gasteiger partial charge in [-0.3, -0.25) is 19.8 Å². The topological polar surface area (TPSA) is 86.7 Å². The molecule has 114 valence electrons. The van der Waals surface area contributed by atoms with Crippen LogP contribution >= 0.6 is 0 Å². The van der Waals surface area contributed by atoms with Gasteiger partial charge in [-0.15, -0.1) is 0 Å². The van der Waals surface area contributed by atoms with E-state index in [1.54, 1.807) is 6.92 Å². The van der Waals surface area contributed by atoms with Crippen LogP contribution in [0, 0.1) is 11.7 Å². The zero-order chi connectivity index (χ0) is 16.0. The molecule has 1 unspecified atom stereocenters. The molecule has 0 aliphatic heterocycles. The number of hydrogen-bond donors (Lipinski definition) is 2. The average Bonchev–Trinajstić information content (AvgIpc) is 2.36. The molecule has 1 aromatic carbocycles. The Morgan fingerprint density at radius 3 is 2.57 bits per heavy atom. The van der Waals surface area contributed by atoms with Crippen LogP contribution in [0.5, 0.6) is 0 Å². The fourth-order valence-corrected chi connectivity index (χ4v) is 1.74. The van der Waals surface area contributed by atoms with Crippen molar-refractivity contribution in [3.63, 3.8) is 0 Å². The molecule has 0 saturated heterocycles. The Bertz CT molecular complexity index is 548. The number of carbonyl (C=O) groups is 3. The van der Waals surface area contributed by atoms with Crippen LogP contribution in [0.2, 0.25) is 0 Å². The molecule has 0 aliphatic rings. The number of aliphatic carboxylic acids is 1. The van der Waals surface area contributed by atoms with Gasteiger partial charge >= 0.3 is 12.0 Å². The van der Waals surface area contributed by atoms with Crippen molar-refractivity contribution in [2.75, 3.05) is 11.9 Å². The number of urea groups is 1. The number of benzene rings is 1. The maximum Gasteiger partial charge on any atom is 0.328 e. The zero-order valence-electron chi connectivity index (χ0n) is 11.8. The minimum atomic E-state index is -1.00.